The zero-order valence-electron chi connectivity index (χ0n) is 10.4. The molecule has 1 saturated heterocycles. The fourth-order valence-corrected chi connectivity index (χ4v) is 2.94. The fraction of sp³-hybridized carbons (Fsp3) is 0.188. The Kier molecular flexibility index (Phi) is 3.38. The van der Waals surface area contributed by atoms with E-state index >= 15 is 0 Å². The molecule has 0 spiro atoms. The van der Waals surface area contributed by atoms with Gasteiger partial charge in [-0.25, -0.2) is 0 Å². The second-order valence-corrected chi connectivity index (χ2v) is 6.01. The predicted molar refractivity (Wildman–Crippen MR) is 81.6 cm³/mol. The van der Waals surface area contributed by atoms with Gasteiger partial charge in [-0.15, -0.1) is 0 Å². The highest BCUT2D eigenvalue weighted by Crippen LogP contribution is 2.27. The smallest absolute Gasteiger partial charge is 0.228 e. The van der Waals surface area contributed by atoms with Crippen molar-refractivity contribution in [2.75, 3.05) is 11.4 Å². The van der Waals surface area contributed by atoms with Crippen molar-refractivity contribution in [3.63, 3.8) is 0 Å². The minimum absolute atomic E-state index is 0.189. The van der Waals surface area contributed by atoms with E-state index in [0.717, 1.165) is 12.2 Å². The van der Waals surface area contributed by atoms with Gasteiger partial charge in [0.05, 0.1) is 0 Å². The van der Waals surface area contributed by atoms with Crippen LogP contribution in [0.1, 0.15) is 6.42 Å². The van der Waals surface area contributed by atoms with Crippen LogP contribution in [0.25, 0.3) is 11.1 Å². The summed E-state index contributed by atoms with van der Waals surface area (Å²) in [4.78, 5) is 13.9. The third-order valence-electron chi connectivity index (χ3n) is 3.36. The summed E-state index contributed by atoms with van der Waals surface area (Å²) in [6.07, 6.45) is 0.584. The minimum Gasteiger partial charge on any atom is -0.311 e. The first-order chi connectivity index (χ1) is 9.24. The predicted octanol–water partition coefficient (Wildman–Crippen LogP) is 3.85. The summed E-state index contributed by atoms with van der Waals surface area (Å²) in [6.45, 7) is 0.753. The number of hydrogen-bond acceptors (Lipinski definition) is 1. The van der Waals surface area contributed by atoms with Crippen molar-refractivity contribution in [3.8, 4) is 11.1 Å². The van der Waals surface area contributed by atoms with E-state index in [4.69, 9.17) is 0 Å². The van der Waals surface area contributed by atoms with Crippen molar-refractivity contribution in [3.05, 3.63) is 54.6 Å². The first-order valence-electron chi connectivity index (χ1n) is 6.34. The van der Waals surface area contributed by atoms with Crippen LogP contribution in [0.15, 0.2) is 54.6 Å². The number of halogens is 1. The third-order valence-corrected chi connectivity index (χ3v) is 3.98. The molecule has 19 heavy (non-hydrogen) atoms. The molecule has 2 aromatic carbocycles. The first-order valence-corrected chi connectivity index (χ1v) is 7.25. The van der Waals surface area contributed by atoms with Crippen molar-refractivity contribution in [1.82, 2.24) is 0 Å². The lowest BCUT2D eigenvalue weighted by Gasteiger charge is -2.16. The van der Waals surface area contributed by atoms with E-state index in [0.29, 0.717) is 6.42 Å². The number of amides is 1. The van der Waals surface area contributed by atoms with Crippen molar-refractivity contribution in [2.24, 2.45) is 0 Å². The van der Waals surface area contributed by atoms with E-state index in [1.54, 1.807) is 0 Å². The maximum atomic E-state index is 11.8. The van der Waals surface area contributed by atoms with Crippen molar-refractivity contribution in [2.45, 2.75) is 11.2 Å². The Hall–Kier alpha value is -1.61. The minimum atomic E-state index is 0.189. The summed E-state index contributed by atoms with van der Waals surface area (Å²) in [5, 5.41) is 0. The molecule has 1 unspecified atom stereocenters. The van der Waals surface area contributed by atoms with E-state index in [1.165, 1.54) is 11.1 Å². The van der Waals surface area contributed by atoms with Crippen LogP contribution in [0.4, 0.5) is 5.69 Å². The van der Waals surface area contributed by atoms with Gasteiger partial charge in [-0.3, -0.25) is 4.79 Å². The lowest BCUT2D eigenvalue weighted by atomic mass is 10.1. The Bertz CT molecular complexity index is 579. The van der Waals surface area contributed by atoms with Gasteiger partial charge >= 0.3 is 0 Å². The molecule has 0 aliphatic carbocycles. The van der Waals surface area contributed by atoms with E-state index < -0.39 is 0 Å². The largest absolute Gasteiger partial charge is 0.311 e. The summed E-state index contributed by atoms with van der Waals surface area (Å²) in [6, 6.07) is 18.4. The number of hydrogen-bond donors (Lipinski definition) is 0. The molecule has 0 N–H and O–H groups in total. The lowest BCUT2D eigenvalue weighted by molar-refractivity contribution is -0.117. The molecule has 0 radical (unpaired) electrons. The Labute approximate surface area is 121 Å². The molecule has 1 heterocycles. The second kappa shape index (κ2) is 5.17. The van der Waals surface area contributed by atoms with Crippen molar-refractivity contribution in [1.29, 1.82) is 0 Å². The highest BCUT2D eigenvalue weighted by Gasteiger charge is 2.28. The van der Waals surface area contributed by atoms with Crippen LogP contribution in [-0.2, 0) is 4.79 Å². The Balaban J connectivity index is 1.86. The van der Waals surface area contributed by atoms with Gasteiger partial charge < -0.3 is 4.90 Å². The summed E-state index contributed by atoms with van der Waals surface area (Å²) < 4.78 is 0. The molecule has 1 aliphatic rings. The summed E-state index contributed by atoms with van der Waals surface area (Å²) in [5.74, 6) is 0.189. The van der Waals surface area contributed by atoms with Gasteiger partial charge in [0, 0.05) is 23.5 Å². The molecule has 1 amide bonds. The Morgan fingerprint density at radius 3 is 2.16 bits per heavy atom. The van der Waals surface area contributed by atoms with Gasteiger partial charge in [-0.2, -0.15) is 0 Å². The van der Waals surface area contributed by atoms with Gasteiger partial charge in [-0.1, -0.05) is 58.4 Å². The fourth-order valence-electron chi connectivity index (χ4n) is 2.38. The van der Waals surface area contributed by atoms with E-state index in [1.807, 2.05) is 35.2 Å². The molecule has 3 rings (SSSR count). The molecule has 1 atom stereocenters. The van der Waals surface area contributed by atoms with E-state index in [2.05, 4.69) is 40.2 Å². The average molecular weight is 316 g/mol. The lowest BCUT2D eigenvalue weighted by Crippen LogP contribution is -2.24. The SMILES string of the molecule is O=C1CC(Br)CN1c1ccc(-c2ccccc2)cc1. The number of benzene rings is 2. The van der Waals surface area contributed by atoms with Gasteiger partial charge in [0.2, 0.25) is 5.91 Å². The third kappa shape index (κ3) is 2.56. The number of nitrogens with zero attached hydrogens (tertiary/aromatic N) is 1. The van der Waals surface area contributed by atoms with Crippen LogP contribution >= 0.6 is 15.9 Å². The molecule has 2 nitrogen and oxygen atoms in total. The summed E-state index contributed by atoms with van der Waals surface area (Å²) >= 11 is 3.51. The van der Waals surface area contributed by atoms with E-state index in [-0.39, 0.29) is 10.7 Å². The molecule has 0 aromatic heterocycles. The van der Waals surface area contributed by atoms with Gasteiger partial charge in [0.25, 0.3) is 0 Å². The molecular weight excluding hydrogens is 302 g/mol. The maximum absolute atomic E-state index is 11.8. The number of alkyl halides is 1. The average Bonchev–Trinajstić information content (AvgIpc) is 2.79. The summed E-state index contributed by atoms with van der Waals surface area (Å²) in [7, 11) is 0. The molecule has 1 aliphatic heterocycles. The van der Waals surface area contributed by atoms with Crippen LogP contribution in [0, 0.1) is 0 Å². The Morgan fingerprint density at radius 1 is 0.947 bits per heavy atom. The van der Waals surface area contributed by atoms with Crippen molar-refractivity contribution >= 4 is 27.5 Å². The van der Waals surface area contributed by atoms with Crippen LogP contribution in [-0.4, -0.2) is 17.3 Å². The van der Waals surface area contributed by atoms with Crippen LogP contribution < -0.4 is 4.90 Å². The zero-order valence-corrected chi connectivity index (χ0v) is 12.0. The molecule has 96 valence electrons. The topological polar surface area (TPSA) is 20.3 Å². The molecule has 1 fully saturated rings. The number of carbonyl (C=O) groups is 1. The van der Waals surface area contributed by atoms with Crippen LogP contribution in [0.5, 0.6) is 0 Å². The zero-order chi connectivity index (χ0) is 13.2. The molecule has 2 aromatic rings. The highest BCUT2D eigenvalue weighted by molar-refractivity contribution is 9.09. The first kappa shape index (κ1) is 12.4. The molecule has 0 bridgehead atoms. The van der Waals surface area contributed by atoms with Gasteiger partial charge in [0.15, 0.2) is 0 Å². The van der Waals surface area contributed by atoms with Crippen LogP contribution in [0.3, 0.4) is 0 Å². The molecule has 0 saturated carbocycles. The van der Waals surface area contributed by atoms with E-state index in [9.17, 15) is 4.79 Å². The molecular formula is C16H14BrNO. The van der Waals surface area contributed by atoms with Crippen molar-refractivity contribution < 1.29 is 4.79 Å². The van der Waals surface area contributed by atoms with Gasteiger partial charge in [-0.05, 0) is 23.3 Å². The number of anilines is 1. The Morgan fingerprint density at radius 2 is 1.58 bits per heavy atom. The monoisotopic (exact) mass is 315 g/mol. The number of rotatable bonds is 2. The quantitative estimate of drug-likeness (QED) is 0.771. The maximum Gasteiger partial charge on any atom is 0.228 e. The highest BCUT2D eigenvalue weighted by atomic mass is 79.9. The van der Waals surface area contributed by atoms with Crippen LogP contribution in [0.2, 0.25) is 0 Å². The number of carbonyl (C=O) groups excluding carboxylic acids is 1. The molecule has 3 heteroatoms. The van der Waals surface area contributed by atoms with Gasteiger partial charge in [0.1, 0.15) is 0 Å². The second-order valence-electron chi connectivity index (χ2n) is 4.72. The summed E-state index contributed by atoms with van der Waals surface area (Å²) in [5.41, 5.74) is 3.35. The normalized spacial score (nSPS) is 18.9. The standard InChI is InChI=1S/C16H14BrNO/c17-14-10-16(19)18(11-14)15-8-6-13(7-9-15)12-4-2-1-3-5-12/h1-9,14H,10-11H2.